The minimum absolute atomic E-state index is 0.763. The summed E-state index contributed by atoms with van der Waals surface area (Å²) in [6, 6.07) is 0. The highest BCUT2D eigenvalue weighted by Gasteiger charge is 2.34. The zero-order valence-corrected chi connectivity index (χ0v) is 11.3. The molecule has 0 radical (unpaired) electrons. The number of nitrogens with two attached hydrogens (primary N) is 1. The van der Waals surface area contributed by atoms with Gasteiger partial charge in [-0.1, -0.05) is 13.3 Å². The number of rotatable bonds is 4. The smallest absolute Gasteiger partial charge is 0.113 e. The predicted molar refractivity (Wildman–Crippen MR) is 68.8 cm³/mol. The van der Waals surface area contributed by atoms with Crippen LogP contribution in [0.25, 0.3) is 0 Å². The SMILES string of the molecule is CCCC1(F)CCN(CC2CC[NH2+]CC2)CC1. The highest BCUT2D eigenvalue weighted by molar-refractivity contribution is 4.86. The van der Waals surface area contributed by atoms with Gasteiger partial charge in [0.1, 0.15) is 5.67 Å². The van der Waals surface area contributed by atoms with Crippen molar-refractivity contribution in [2.75, 3.05) is 32.7 Å². The van der Waals surface area contributed by atoms with Gasteiger partial charge in [-0.25, -0.2) is 4.39 Å². The van der Waals surface area contributed by atoms with Crippen molar-refractivity contribution >= 4 is 0 Å². The molecule has 100 valence electrons. The molecule has 0 saturated carbocycles. The number of hydrogen-bond donors (Lipinski definition) is 1. The average molecular weight is 243 g/mol. The van der Waals surface area contributed by atoms with Crippen molar-refractivity contribution in [2.45, 2.75) is 51.1 Å². The highest BCUT2D eigenvalue weighted by Crippen LogP contribution is 2.31. The van der Waals surface area contributed by atoms with Gasteiger partial charge in [0.05, 0.1) is 13.1 Å². The quantitative estimate of drug-likeness (QED) is 0.794. The summed E-state index contributed by atoms with van der Waals surface area (Å²) in [6.45, 7) is 7.86. The number of halogens is 1. The minimum atomic E-state index is -0.842. The second-order valence-corrected chi connectivity index (χ2v) is 6.01. The normalized spacial score (nSPS) is 27.2. The third-order valence-electron chi connectivity index (χ3n) is 4.52. The summed E-state index contributed by atoms with van der Waals surface area (Å²) >= 11 is 0. The molecular formula is C14H28FN2+. The molecule has 0 aromatic heterocycles. The van der Waals surface area contributed by atoms with Crippen LogP contribution in [0.5, 0.6) is 0 Å². The molecule has 2 heterocycles. The maximum Gasteiger partial charge on any atom is 0.113 e. The number of likely N-dealkylation sites (tertiary alicyclic amines) is 1. The Morgan fingerprint density at radius 1 is 1.24 bits per heavy atom. The fraction of sp³-hybridized carbons (Fsp3) is 1.00. The topological polar surface area (TPSA) is 19.9 Å². The van der Waals surface area contributed by atoms with Crippen molar-refractivity contribution in [2.24, 2.45) is 5.92 Å². The Hall–Kier alpha value is -0.150. The second-order valence-electron chi connectivity index (χ2n) is 6.01. The van der Waals surface area contributed by atoms with E-state index < -0.39 is 5.67 Å². The molecule has 17 heavy (non-hydrogen) atoms. The maximum absolute atomic E-state index is 14.3. The van der Waals surface area contributed by atoms with E-state index in [-0.39, 0.29) is 0 Å². The van der Waals surface area contributed by atoms with Gasteiger partial charge in [-0.3, -0.25) is 0 Å². The second kappa shape index (κ2) is 6.14. The van der Waals surface area contributed by atoms with Gasteiger partial charge in [-0.15, -0.1) is 0 Å². The zero-order valence-electron chi connectivity index (χ0n) is 11.3. The lowest BCUT2D eigenvalue weighted by molar-refractivity contribution is -0.664. The van der Waals surface area contributed by atoms with E-state index in [1.54, 1.807) is 0 Å². The first-order valence-corrected chi connectivity index (χ1v) is 7.45. The van der Waals surface area contributed by atoms with Crippen LogP contribution in [0.3, 0.4) is 0 Å². The van der Waals surface area contributed by atoms with Crippen LogP contribution in [0.15, 0.2) is 0 Å². The lowest BCUT2D eigenvalue weighted by atomic mass is 9.88. The number of nitrogens with zero attached hydrogens (tertiary/aromatic N) is 1. The van der Waals surface area contributed by atoms with Crippen LogP contribution in [0.2, 0.25) is 0 Å². The Bertz CT molecular complexity index is 218. The first-order valence-electron chi connectivity index (χ1n) is 7.45. The average Bonchev–Trinajstić information content (AvgIpc) is 2.34. The number of piperidine rings is 2. The summed E-state index contributed by atoms with van der Waals surface area (Å²) in [7, 11) is 0. The Balaban J connectivity index is 1.71. The molecule has 0 unspecified atom stereocenters. The molecule has 0 atom stereocenters. The van der Waals surface area contributed by atoms with Crippen LogP contribution in [-0.4, -0.2) is 43.3 Å². The van der Waals surface area contributed by atoms with E-state index in [2.05, 4.69) is 17.1 Å². The molecule has 0 aromatic rings. The van der Waals surface area contributed by atoms with Crippen LogP contribution in [0.4, 0.5) is 4.39 Å². The van der Waals surface area contributed by atoms with Crippen molar-refractivity contribution in [3.8, 4) is 0 Å². The fourth-order valence-electron chi connectivity index (χ4n) is 3.38. The molecule has 2 rings (SSSR count). The van der Waals surface area contributed by atoms with E-state index in [0.29, 0.717) is 0 Å². The first-order chi connectivity index (χ1) is 8.22. The van der Waals surface area contributed by atoms with Gasteiger partial charge in [0.25, 0.3) is 0 Å². The van der Waals surface area contributed by atoms with E-state index in [9.17, 15) is 4.39 Å². The molecule has 0 aromatic carbocycles. The third-order valence-corrected chi connectivity index (χ3v) is 4.52. The summed E-state index contributed by atoms with van der Waals surface area (Å²) in [5, 5.41) is 2.42. The molecule has 0 bridgehead atoms. The van der Waals surface area contributed by atoms with Crippen LogP contribution >= 0.6 is 0 Å². The van der Waals surface area contributed by atoms with Crippen molar-refractivity contribution in [1.29, 1.82) is 0 Å². The van der Waals surface area contributed by atoms with E-state index in [1.807, 2.05) is 0 Å². The fourth-order valence-corrected chi connectivity index (χ4v) is 3.38. The van der Waals surface area contributed by atoms with Gasteiger partial charge in [-0.2, -0.15) is 0 Å². The summed E-state index contributed by atoms with van der Waals surface area (Å²) in [5.74, 6) is 0.873. The molecule has 3 heteroatoms. The largest absolute Gasteiger partial charge is 0.346 e. The van der Waals surface area contributed by atoms with E-state index >= 15 is 0 Å². The van der Waals surface area contributed by atoms with E-state index in [1.165, 1.54) is 32.5 Å². The molecule has 2 saturated heterocycles. The highest BCUT2D eigenvalue weighted by atomic mass is 19.1. The van der Waals surface area contributed by atoms with E-state index in [4.69, 9.17) is 0 Å². The first kappa shape index (κ1) is 13.3. The van der Waals surface area contributed by atoms with Crippen molar-refractivity contribution in [3.05, 3.63) is 0 Å². The monoisotopic (exact) mass is 243 g/mol. The molecule has 0 spiro atoms. The maximum atomic E-state index is 14.3. The minimum Gasteiger partial charge on any atom is -0.346 e. The van der Waals surface area contributed by atoms with Crippen LogP contribution in [0.1, 0.15) is 45.4 Å². The Kier molecular flexibility index (Phi) is 4.80. The lowest BCUT2D eigenvalue weighted by Crippen LogP contribution is -2.86. The van der Waals surface area contributed by atoms with E-state index in [0.717, 1.165) is 44.7 Å². The predicted octanol–water partition coefficient (Wildman–Crippen LogP) is 1.56. The lowest BCUT2D eigenvalue weighted by Gasteiger charge is -2.38. The number of hydrogen-bond acceptors (Lipinski definition) is 1. The van der Waals surface area contributed by atoms with Crippen molar-refractivity contribution in [3.63, 3.8) is 0 Å². The van der Waals surface area contributed by atoms with Gasteiger partial charge in [0, 0.05) is 32.5 Å². The Morgan fingerprint density at radius 3 is 2.47 bits per heavy atom. The summed E-state index contributed by atoms with van der Waals surface area (Å²) in [5.41, 5.74) is -0.842. The van der Waals surface area contributed by atoms with Gasteiger partial charge in [-0.05, 0) is 25.2 Å². The van der Waals surface area contributed by atoms with Gasteiger partial charge in [0.15, 0.2) is 0 Å². The molecule has 2 fully saturated rings. The Morgan fingerprint density at radius 2 is 1.88 bits per heavy atom. The number of quaternary nitrogens is 1. The Labute approximate surface area is 105 Å². The molecule has 0 aliphatic carbocycles. The molecule has 2 N–H and O–H groups in total. The van der Waals surface area contributed by atoms with Crippen LogP contribution < -0.4 is 5.32 Å². The van der Waals surface area contributed by atoms with Gasteiger partial charge in [0.2, 0.25) is 0 Å². The zero-order chi connectivity index (χ0) is 12.1. The molecule has 2 aliphatic rings. The summed E-state index contributed by atoms with van der Waals surface area (Å²) < 4.78 is 14.3. The van der Waals surface area contributed by atoms with Gasteiger partial charge >= 0.3 is 0 Å². The van der Waals surface area contributed by atoms with Crippen LogP contribution in [-0.2, 0) is 0 Å². The molecular weight excluding hydrogens is 215 g/mol. The van der Waals surface area contributed by atoms with Crippen LogP contribution in [0, 0.1) is 5.92 Å². The molecule has 2 aliphatic heterocycles. The summed E-state index contributed by atoms with van der Waals surface area (Å²) in [6.07, 6.45) is 5.98. The van der Waals surface area contributed by atoms with Crippen molar-refractivity contribution < 1.29 is 9.71 Å². The number of alkyl halides is 1. The van der Waals surface area contributed by atoms with Crippen molar-refractivity contribution in [1.82, 2.24) is 4.90 Å². The standard InChI is InChI=1S/C14H27FN2/c1-2-5-14(15)6-10-17(11-7-14)12-13-3-8-16-9-4-13/h13,16H,2-12H2,1H3/p+1. The summed E-state index contributed by atoms with van der Waals surface area (Å²) in [4.78, 5) is 2.50. The third kappa shape index (κ3) is 3.92. The molecule has 2 nitrogen and oxygen atoms in total. The molecule has 0 amide bonds. The van der Waals surface area contributed by atoms with Gasteiger partial charge < -0.3 is 10.2 Å².